The molecule has 1 saturated heterocycles. The summed E-state index contributed by atoms with van der Waals surface area (Å²) in [5.74, 6) is -3.14. The van der Waals surface area contributed by atoms with Crippen molar-refractivity contribution in [1.29, 1.82) is 0 Å². The van der Waals surface area contributed by atoms with E-state index in [1.807, 2.05) is 0 Å². The smallest absolute Gasteiger partial charge is 0.338 e. The first kappa shape index (κ1) is 33.4. The van der Waals surface area contributed by atoms with Gasteiger partial charge in [0.2, 0.25) is 0 Å². The Kier molecular flexibility index (Phi) is 8.24. The number of aliphatic hydroxyl groups excluding tert-OH is 1. The summed E-state index contributed by atoms with van der Waals surface area (Å²) in [7, 11) is 1.39. The van der Waals surface area contributed by atoms with E-state index in [2.05, 4.69) is 4.98 Å². The molecule has 6 rings (SSSR count). The quantitative estimate of drug-likeness (QED) is 0.273. The molecule has 2 heterocycles. The third kappa shape index (κ3) is 4.80. The van der Waals surface area contributed by atoms with Gasteiger partial charge in [0.15, 0.2) is 11.4 Å². The van der Waals surface area contributed by atoms with Gasteiger partial charge >= 0.3 is 11.9 Å². The van der Waals surface area contributed by atoms with Crippen LogP contribution in [-0.4, -0.2) is 98.1 Å². The van der Waals surface area contributed by atoms with Crippen molar-refractivity contribution in [2.45, 2.75) is 89.2 Å². The summed E-state index contributed by atoms with van der Waals surface area (Å²) in [6.07, 6.45) is -1.44. The first-order valence-corrected chi connectivity index (χ1v) is 16.0. The average molecular weight is 669 g/mol. The van der Waals surface area contributed by atoms with Crippen LogP contribution in [0.15, 0.2) is 60.2 Å². The fraction of sp³-hybridized carbons (Fsp3) is 0.559. The molecule has 0 unspecified atom stereocenters. The van der Waals surface area contributed by atoms with Crippen molar-refractivity contribution in [2.75, 3.05) is 13.7 Å². The number of rotatable bonds is 5. The van der Waals surface area contributed by atoms with Gasteiger partial charge in [0, 0.05) is 44.7 Å². The van der Waals surface area contributed by atoms with Gasteiger partial charge in [-0.25, -0.2) is 9.78 Å². The summed E-state index contributed by atoms with van der Waals surface area (Å²) in [6.45, 7) is 7.94. The number of aromatic nitrogens is 2. The van der Waals surface area contributed by atoms with Crippen molar-refractivity contribution in [3.8, 4) is 0 Å². The van der Waals surface area contributed by atoms with Crippen molar-refractivity contribution in [1.82, 2.24) is 9.55 Å². The molecular weight excluding hydrogens is 628 g/mol. The summed E-state index contributed by atoms with van der Waals surface area (Å²) in [4.78, 5) is 46.2. The SMILES string of the molecule is CO[C@H]1C(=O)[C@]2(C)[C@@H](OC(=S)n3ccnc3)C[C@H]3OC[C@@]3(OC(C)=O)[C@H]2[C@H](OC(=O)c2ccccc2)[C@]2(O)C[C@H](O)C(C)=C1C2(C)C. The Morgan fingerprint density at radius 2 is 1.85 bits per heavy atom. The molecule has 3 fully saturated rings. The number of hydrogen-bond acceptors (Lipinski definition) is 12. The second-order valence-corrected chi connectivity index (χ2v) is 14.1. The molecule has 1 aliphatic heterocycles. The summed E-state index contributed by atoms with van der Waals surface area (Å²) in [5, 5.41) is 24.6. The van der Waals surface area contributed by atoms with Crippen LogP contribution in [0.4, 0.5) is 0 Å². The highest BCUT2D eigenvalue weighted by Gasteiger charge is 2.78. The zero-order valence-electron chi connectivity index (χ0n) is 27.2. The van der Waals surface area contributed by atoms with E-state index in [0.717, 1.165) is 0 Å². The lowest BCUT2D eigenvalue weighted by molar-refractivity contribution is -0.344. The van der Waals surface area contributed by atoms with Gasteiger partial charge in [0.1, 0.15) is 36.3 Å². The van der Waals surface area contributed by atoms with E-state index in [1.54, 1.807) is 64.2 Å². The van der Waals surface area contributed by atoms with E-state index in [-0.39, 0.29) is 30.2 Å². The van der Waals surface area contributed by atoms with Crippen LogP contribution in [0.25, 0.3) is 0 Å². The van der Waals surface area contributed by atoms with Gasteiger partial charge in [-0.15, -0.1) is 0 Å². The fourth-order valence-electron chi connectivity index (χ4n) is 8.55. The molecule has 47 heavy (non-hydrogen) atoms. The Morgan fingerprint density at radius 3 is 2.43 bits per heavy atom. The van der Waals surface area contributed by atoms with E-state index in [4.69, 9.17) is 35.9 Å². The highest BCUT2D eigenvalue weighted by molar-refractivity contribution is 7.80. The van der Waals surface area contributed by atoms with Crippen molar-refractivity contribution < 1.29 is 48.3 Å². The minimum atomic E-state index is -2.02. The molecule has 2 aromatic rings. The fourth-order valence-corrected chi connectivity index (χ4v) is 8.78. The number of ether oxygens (including phenoxy) is 5. The molecule has 252 valence electrons. The van der Waals surface area contributed by atoms with E-state index in [9.17, 15) is 19.8 Å². The minimum Gasteiger partial charge on any atom is -0.466 e. The number of hydrogen-bond donors (Lipinski definition) is 2. The molecule has 3 aliphatic carbocycles. The van der Waals surface area contributed by atoms with E-state index >= 15 is 4.79 Å². The van der Waals surface area contributed by atoms with Crippen LogP contribution in [0.5, 0.6) is 0 Å². The number of carbonyl (C=O) groups excluding carboxylic acids is 3. The predicted molar refractivity (Wildman–Crippen MR) is 169 cm³/mol. The maximum Gasteiger partial charge on any atom is 0.338 e. The second-order valence-electron chi connectivity index (χ2n) is 13.7. The van der Waals surface area contributed by atoms with Gasteiger partial charge in [0.25, 0.3) is 5.17 Å². The van der Waals surface area contributed by atoms with Gasteiger partial charge in [-0.3, -0.25) is 14.2 Å². The number of aliphatic hydroxyl groups is 2. The summed E-state index contributed by atoms with van der Waals surface area (Å²) < 4.78 is 32.4. The van der Waals surface area contributed by atoms with Gasteiger partial charge in [-0.1, -0.05) is 32.0 Å². The number of nitrogens with zero attached hydrogens (tertiary/aromatic N) is 2. The highest BCUT2D eigenvalue weighted by Crippen LogP contribution is 2.64. The summed E-state index contributed by atoms with van der Waals surface area (Å²) >= 11 is 5.63. The van der Waals surface area contributed by atoms with Crippen molar-refractivity contribution in [2.24, 2.45) is 16.7 Å². The van der Waals surface area contributed by atoms with Gasteiger partial charge in [0.05, 0.1) is 29.6 Å². The van der Waals surface area contributed by atoms with Crippen LogP contribution in [0.1, 0.15) is 57.8 Å². The molecule has 2 bridgehead atoms. The van der Waals surface area contributed by atoms with Crippen molar-refractivity contribution in [3.63, 3.8) is 0 Å². The third-order valence-corrected chi connectivity index (χ3v) is 11.4. The Hall–Kier alpha value is -3.49. The van der Waals surface area contributed by atoms with Crippen LogP contribution in [0, 0.1) is 16.7 Å². The maximum atomic E-state index is 15.3. The van der Waals surface area contributed by atoms with Gasteiger partial charge in [-0.05, 0) is 49.3 Å². The van der Waals surface area contributed by atoms with E-state index in [1.165, 1.54) is 31.1 Å². The number of methoxy groups -OCH3 is 1. The predicted octanol–water partition coefficient (Wildman–Crippen LogP) is 2.79. The summed E-state index contributed by atoms with van der Waals surface area (Å²) in [5.41, 5.74) is -5.48. The number of Topliss-reactive ketones (excluding diaryl/α,β-unsaturated/α-hetero) is 1. The standard InChI is InChI=1S/C34H40N2O10S/c1-18-21(38)15-34(41)28(45-29(40)20-10-8-7-9-11-20)26-32(5,27(39)25(42-6)24(18)31(34,3)4)22(44-30(47)36-13-12-35-17-36)14-23-33(26,16-43-23)46-19(2)37/h7-13,17,21-23,25-26,28,38,41H,14-16H2,1-6H3/t21-,22-,23+,25+,26-,28-,32+,33-,34+/m0/s1. The Labute approximate surface area is 278 Å². The largest absolute Gasteiger partial charge is 0.466 e. The number of ketones is 1. The van der Waals surface area contributed by atoms with Crippen LogP contribution in [0.2, 0.25) is 0 Å². The molecular formula is C34H40N2O10S. The van der Waals surface area contributed by atoms with E-state index in [0.29, 0.717) is 11.1 Å². The molecule has 2 saturated carbocycles. The van der Waals surface area contributed by atoms with Crippen LogP contribution in [0.3, 0.4) is 0 Å². The Morgan fingerprint density at radius 1 is 1.15 bits per heavy atom. The zero-order valence-corrected chi connectivity index (χ0v) is 28.0. The van der Waals surface area contributed by atoms with E-state index < -0.39 is 76.2 Å². The molecule has 4 aliphatic rings. The molecule has 13 heteroatoms. The third-order valence-electron chi connectivity index (χ3n) is 11.1. The Bertz CT molecular complexity index is 1630. The molecule has 0 spiro atoms. The molecule has 9 atom stereocenters. The lowest BCUT2D eigenvalue weighted by atomic mass is 9.44. The van der Waals surface area contributed by atoms with Crippen LogP contribution in [-0.2, 0) is 33.3 Å². The number of imidazole rings is 1. The average Bonchev–Trinajstić information content (AvgIpc) is 3.57. The molecule has 12 nitrogen and oxygen atoms in total. The van der Waals surface area contributed by atoms with Gasteiger partial charge < -0.3 is 33.9 Å². The lowest BCUT2D eigenvalue weighted by Gasteiger charge is -2.67. The number of benzene rings is 1. The van der Waals surface area contributed by atoms with Crippen molar-refractivity contribution in [3.05, 3.63) is 65.8 Å². The number of thiocarbonyl (C=S) groups is 1. The number of fused-ring (bicyclic) bond motifs is 5. The number of esters is 2. The van der Waals surface area contributed by atoms with Crippen LogP contribution >= 0.6 is 12.2 Å². The molecule has 2 N–H and O–H groups in total. The zero-order chi connectivity index (χ0) is 34.1. The summed E-state index contributed by atoms with van der Waals surface area (Å²) in [6, 6.07) is 8.25. The molecule has 0 amide bonds. The Balaban J connectivity index is 1.64. The first-order valence-electron chi connectivity index (χ1n) is 15.6. The maximum absolute atomic E-state index is 15.3. The van der Waals surface area contributed by atoms with Crippen LogP contribution < -0.4 is 0 Å². The minimum absolute atomic E-state index is 0.00139. The van der Waals surface area contributed by atoms with Crippen molar-refractivity contribution >= 4 is 35.1 Å². The molecule has 0 radical (unpaired) electrons. The van der Waals surface area contributed by atoms with Gasteiger partial charge in [-0.2, -0.15) is 0 Å². The number of carbonyl (C=O) groups is 3. The monoisotopic (exact) mass is 668 g/mol. The second kappa shape index (κ2) is 11.6. The molecule has 1 aromatic heterocycles. The topological polar surface area (TPSA) is 156 Å². The lowest BCUT2D eigenvalue weighted by Crippen LogP contribution is -2.82. The highest BCUT2D eigenvalue weighted by atomic mass is 32.1. The molecule has 1 aromatic carbocycles. The first-order chi connectivity index (χ1) is 22.1. The normalized spacial score (nSPS) is 37.3.